The first-order valence-electron chi connectivity index (χ1n) is 7.28. The molecule has 120 valence electrons. The molecule has 1 aliphatic heterocycles. The topological polar surface area (TPSA) is 68.8 Å². The Morgan fingerprint density at radius 1 is 1.13 bits per heavy atom. The molecule has 0 atom stereocenters. The van der Waals surface area contributed by atoms with E-state index >= 15 is 0 Å². The van der Waals surface area contributed by atoms with Crippen LogP contribution in [0.1, 0.15) is 5.56 Å². The standard InChI is InChI=1S/C17H18N2O4/c1-21-14-5-2-12(3-6-14)9-18-10-17(20)19-13-4-7-15-16(8-13)23-11-22-15/h2-8,18H,9-11H2,1H3,(H,19,20). The Hall–Kier alpha value is -2.73. The zero-order chi connectivity index (χ0) is 16.1. The summed E-state index contributed by atoms with van der Waals surface area (Å²) < 4.78 is 15.6. The highest BCUT2D eigenvalue weighted by atomic mass is 16.7. The van der Waals surface area contributed by atoms with Gasteiger partial charge in [0.25, 0.3) is 0 Å². The second-order valence-corrected chi connectivity index (χ2v) is 5.07. The Balaban J connectivity index is 1.46. The predicted octanol–water partition coefficient (Wildman–Crippen LogP) is 2.15. The smallest absolute Gasteiger partial charge is 0.238 e. The molecule has 3 rings (SSSR count). The van der Waals surface area contributed by atoms with E-state index in [1.165, 1.54) is 0 Å². The van der Waals surface area contributed by atoms with Crippen molar-refractivity contribution >= 4 is 11.6 Å². The van der Waals surface area contributed by atoms with Crippen molar-refractivity contribution in [3.05, 3.63) is 48.0 Å². The lowest BCUT2D eigenvalue weighted by Gasteiger charge is -2.08. The molecule has 6 heteroatoms. The molecule has 0 saturated carbocycles. The summed E-state index contributed by atoms with van der Waals surface area (Å²) in [6, 6.07) is 13.0. The monoisotopic (exact) mass is 314 g/mol. The van der Waals surface area contributed by atoms with Crippen LogP contribution in [0.4, 0.5) is 5.69 Å². The van der Waals surface area contributed by atoms with E-state index in [0.29, 0.717) is 23.7 Å². The lowest BCUT2D eigenvalue weighted by atomic mass is 10.2. The zero-order valence-electron chi connectivity index (χ0n) is 12.8. The van der Waals surface area contributed by atoms with Crippen LogP contribution in [-0.2, 0) is 11.3 Å². The van der Waals surface area contributed by atoms with Crippen LogP contribution in [0, 0.1) is 0 Å². The second kappa shape index (κ2) is 7.02. The Labute approximate surface area is 134 Å². The van der Waals surface area contributed by atoms with Crippen molar-refractivity contribution in [2.45, 2.75) is 6.54 Å². The minimum atomic E-state index is -0.114. The molecule has 0 saturated heterocycles. The molecule has 2 aromatic carbocycles. The molecule has 1 aliphatic rings. The molecule has 0 aliphatic carbocycles. The van der Waals surface area contributed by atoms with Gasteiger partial charge in [0.05, 0.1) is 13.7 Å². The number of anilines is 1. The van der Waals surface area contributed by atoms with Gasteiger partial charge in [-0.05, 0) is 29.8 Å². The number of carbonyl (C=O) groups excluding carboxylic acids is 1. The summed E-state index contributed by atoms with van der Waals surface area (Å²) in [5, 5.41) is 5.92. The molecule has 6 nitrogen and oxygen atoms in total. The van der Waals surface area contributed by atoms with Gasteiger partial charge in [-0.2, -0.15) is 0 Å². The number of nitrogens with one attached hydrogen (secondary N) is 2. The summed E-state index contributed by atoms with van der Waals surface area (Å²) >= 11 is 0. The van der Waals surface area contributed by atoms with Gasteiger partial charge in [0.15, 0.2) is 11.5 Å². The number of benzene rings is 2. The van der Waals surface area contributed by atoms with E-state index in [1.807, 2.05) is 24.3 Å². The summed E-state index contributed by atoms with van der Waals surface area (Å²) in [6.45, 7) is 1.05. The van der Waals surface area contributed by atoms with Crippen LogP contribution < -0.4 is 24.8 Å². The van der Waals surface area contributed by atoms with E-state index in [4.69, 9.17) is 14.2 Å². The lowest BCUT2D eigenvalue weighted by molar-refractivity contribution is -0.115. The quantitative estimate of drug-likeness (QED) is 0.855. The van der Waals surface area contributed by atoms with Crippen molar-refractivity contribution in [3.8, 4) is 17.2 Å². The first kappa shape index (κ1) is 15.2. The molecule has 0 aromatic heterocycles. The summed E-state index contributed by atoms with van der Waals surface area (Å²) in [6.07, 6.45) is 0. The third-order valence-corrected chi connectivity index (χ3v) is 3.43. The molecule has 23 heavy (non-hydrogen) atoms. The number of carbonyl (C=O) groups is 1. The first-order valence-corrected chi connectivity index (χ1v) is 7.28. The van der Waals surface area contributed by atoms with Gasteiger partial charge < -0.3 is 24.8 Å². The van der Waals surface area contributed by atoms with Crippen molar-refractivity contribution in [2.24, 2.45) is 0 Å². The molecule has 2 N–H and O–H groups in total. The molecular formula is C17H18N2O4. The first-order chi connectivity index (χ1) is 11.2. The van der Waals surface area contributed by atoms with Gasteiger partial charge in [-0.25, -0.2) is 0 Å². The second-order valence-electron chi connectivity index (χ2n) is 5.07. The minimum absolute atomic E-state index is 0.114. The fraction of sp³-hybridized carbons (Fsp3) is 0.235. The van der Waals surface area contributed by atoms with E-state index < -0.39 is 0 Å². The number of fused-ring (bicyclic) bond motifs is 1. The third-order valence-electron chi connectivity index (χ3n) is 3.43. The van der Waals surface area contributed by atoms with Crippen LogP contribution in [0.15, 0.2) is 42.5 Å². The SMILES string of the molecule is COc1ccc(CNCC(=O)Nc2ccc3c(c2)OCO3)cc1. The van der Waals surface area contributed by atoms with Gasteiger partial charge in [0.1, 0.15) is 5.75 Å². The van der Waals surface area contributed by atoms with E-state index in [2.05, 4.69) is 10.6 Å². The van der Waals surface area contributed by atoms with Crippen LogP contribution in [0.3, 0.4) is 0 Å². The predicted molar refractivity (Wildman–Crippen MR) is 85.9 cm³/mol. The minimum Gasteiger partial charge on any atom is -0.497 e. The number of amides is 1. The van der Waals surface area contributed by atoms with Crippen molar-refractivity contribution in [2.75, 3.05) is 25.8 Å². The highest BCUT2D eigenvalue weighted by Crippen LogP contribution is 2.34. The fourth-order valence-electron chi connectivity index (χ4n) is 2.24. The summed E-state index contributed by atoms with van der Waals surface area (Å²) in [4.78, 5) is 11.9. The molecular weight excluding hydrogens is 296 g/mol. The molecule has 0 fully saturated rings. The van der Waals surface area contributed by atoms with Crippen molar-refractivity contribution in [3.63, 3.8) is 0 Å². The highest BCUT2D eigenvalue weighted by Gasteiger charge is 2.13. The molecule has 0 spiro atoms. The number of hydrogen-bond donors (Lipinski definition) is 2. The van der Waals surface area contributed by atoms with Crippen LogP contribution in [-0.4, -0.2) is 26.4 Å². The van der Waals surface area contributed by atoms with Crippen LogP contribution in [0.2, 0.25) is 0 Å². The number of hydrogen-bond acceptors (Lipinski definition) is 5. The molecule has 0 bridgehead atoms. The van der Waals surface area contributed by atoms with E-state index in [9.17, 15) is 4.79 Å². The number of methoxy groups -OCH3 is 1. The number of rotatable bonds is 6. The van der Waals surface area contributed by atoms with Crippen molar-refractivity contribution < 1.29 is 19.0 Å². The van der Waals surface area contributed by atoms with Crippen LogP contribution >= 0.6 is 0 Å². The van der Waals surface area contributed by atoms with E-state index in [0.717, 1.165) is 11.3 Å². The van der Waals surface area contributed by atoms with Gasteiger partial charge in [0, 0.05) is 18.3 Å². The van der Waals surface area contributed by atoms with Gasteiger partial charge in [-0.15, -0.1) is 0 Å². The Bertz CT molecular complexity index is 685. The third kappa shape index (κ3) is 3.92. The van der Waals surface area contributed by atoms with Crippen LogP contribution in [0.25, 0.3) is 0 Å². The fourth-order valence-corrected chi connectivity index (χ4v) is 2.24. The number of ether oxygens (including phenoxy) is 3. The van der Waals surface area contributed by atoms with Crippen molar-refractivity contribution in [1.82, 2.24) is 5.32 Å². The molecule has 1 heterocycles. The van der Waals surface area contributed by atoms with Gasteiger partial charge in [-0.1, -0.05) is 12.1 Å². The van der Waals surface area contributed by atoms with E-state index in [1.54, 1.807) is 25.3 Å². The lowest BCUT2D eigenvalue weighted by Crippen LogP contribution is -2.27. The molecule has 0 radical (unpaired) electrons. The largest absolute Gasteiger partial charge is 0.497 e. The zero-order valence-corrected chi connectivity index (χ0v) is 12.8. The summed E-state index contributed by atoms with van der Waals surface area (Å²) in [5.41, 5.74) is 1.77. The van der Waals surface area contributed by atoms with E-state index in [-0.39, 0.29) is 19.2 Å². The maximum absolute atomic E-state index is 11.9. The van der Waals surface area contributed by atoms with Gasteiger partial charge >= 0.3 is 0 Å². The highest BCUT2D eigenvalue weighted by molar-refractivity contribution is 5.92. The Morgan fingerprint density at radius 3 is 2.70 bits per heavy atom. The summed E-state index contributed by atoms with van der Waals surface area (Å²) in [7, 11) is 1.63. The Morgan fingerprint density at radius 2 is 1.91 bits per heavy atom. The molecule has 0 unspecified atom stereocenters. The maximum atomic E-state index is 11.9. The normalized spacial score (nSPS) is 12.0. The Kier molecular flexibility index (Phi) is 4.63. The molecule has 2 aromatic rings. The summed E-state index contributed by atoms with van der Waals surface area (Å²) in [5.74, 6) is 2.04. The van der Waals surface area contributed by atoms with Crippen molar-refractivity contribution in [1.29, 1.82) is 0 Å². The van der Waals surface area contributed by atoms with Gasteiger partial charge in [0.2, 0.25) is 12.7 Å². The van der Waals surface area contributed by atoms with Gasteiger partial charge in [-0.3, -0.25) is 4.79 Å². The molecule has 1 amide bonds. The average Bonchev–Trinajstić information content (AvgIpc) is 3.03. The average molecular weight is 314 g/mol. The maximum Gasteiger partial charge on any atom is 0.238 e. The van der Waals surface area contributed by atoms with Crippen LogP contribution in [0.5, 0.6) is 17.2 Å².